The number of benzene rings is 2. The highest BCUT2D eigenvalue weighted by atomic mass is 19.4. The maximum Gasteiger partial charge on any atom is 0.416 e. The quantitative estimate of drug-likeness (QED) is 0.628. The van der Waals surface area contributed by atoms with Crippen LogP contribution < -0.4 is 0 Å². The van der Waals surface area contributed by atoms with Gasteiger partial charge in [-0.2, -0.15) is 13.2 Å². The van der Waals surface area contributed by atoms with Crippen molar-refractivity contribution in [2.24, 2.45) is 0 Å². The zero-order valence-electron chi connectivity index (χ0n) is 13.7. The smallest absolute Gasteiger partial charge is 0.361 e. The number of nitrogens with zero attached hydrogens (tertiary/aromatic N) is 1. The van der Waals surface area contributed by atoms with Gasteiger partial charge >= 0.3 is 6.18 Å². The first-order chi connectivity index (χ1) is 11.9. The van der Waals surface area contributed by atoms with Crippen molar-refractivity contribution in [3.63, 3.8) is 0 Å². The van der Waals surface area contributed by atoms with Crippen LogP contribution in [0.1, 0.15) is 33.7 Å². The molecule has 2 heterocycles. The van der Waals surface area contributed by atoms with Crippen molar-refractivity contribution in [1.82, 2.24) is 9.88 Å². The van der Waals surface area contributed by atoms with Gasteiger partial charge in [0.2, 0.25) is 0 Å². The normalized spacial score (nSPS) is 22.7. The van der Waals surface area contributed by atoms with Gasteiger partial charge in [-0.25, -0.2) is 0 Å². The standard InChI is InChI=1S/C20H17F3N2/c1-25-10-12-7-13(20(21,22)23)5-6-14(12)19-15-3-2-4-16-18(15)11(9-24-16)8-17(19)25/h2-7,9,17,19,24H,8,10H2,1H3/t17-,19-/m1/s1. The second-order valence-electron chi connectivity index (χ2n) is 7.16. The molecular formula is C20H17F3N2. The number of aromatic nitrogens is 1. The first kappa shape index (κ1) is 15.0. The number of nitrogens with one attached hydrogen (secondary N) is 1. The fraction of sp³-hybridized carbons (Fsp3) is 0.300. The average molecular weight is 342 g/mol. The molecule has 128 valence electrons. The van der Waals surface area contributed by atoms with Gasteiger partial charge in [-0.3, -0.25) is 4.90 Å². The molecule has 0 bridgehead atoms. The van der Waals surface area contributed by atoms with Crippen LogP contribution in [0.3, 0.4) is 0 Å². The second kappa shape index (κ2) is 4.88. The SMILES string of the molecule is CN1Cc2cc(C(F)(F)F)ccc2[C@@H]2c3cccc4[nH]cc(c34)C[C@H]21. The number of rotatable bonds is 0. The summed E-state index contributed by atoms with van der Waals surface area (Å²) in [5, 5.41) is 1.24. The highest BCUT2D eigenvalue weighted by Gasteiger charge is 2.40. The van der Waals surface area contributed by atoms with E-state index in [1.165, 1.54) is 28.6 Å². The molecule has 0 spiro atoms. The molecule has 2 aliphatic rings. The second-order valence-corrected chi connectivity index (χ2v) is 7.16. The summed E-state index contributed by atoms with van der Waals surface area (Å²) < 4.78 is 39.3. The van der Waals surface area contributed by atoms with Gasteiger partial charge in [0.05, 0.1) is 5.56 Å². The van der Waals surface area contributed by atoms with Crippen LogP contribution in [-0.4, -0.2) is 23.0 Å². The maximum atomic E-state index is 13.1. The van der Waals surface area contributed by atoms with Gasteiger partial charge in [0.15, 0.2) is 0 Å². The molecule has 1 N–H and O–H groups in total. The summed E-state index contributed by atoms with van der Waals surface area (Å²) >= 11 is 0. The maximum absolute atomic E-state index is 13.1. The molecule has 1 aliphatic heterocycles. The molecule has 5 heteroatoms. The molecule has 3 aromatic rings. The van der Waals surface area contributed by atoms with Crippen LogP contribution in [-0.2, 0) is 19.1 Å². The van der Waals surface area contributed by atoms with E-state index in [0.29, 0.717) is 6.54 Å². The highest BCUT2D eigenvalue weighted by Crippen LogP contribution is 2.46. The summed E-state index contributed by atoms with van der Waals surface area (Å²) in [6.07, 6.45) is -1.32. The number of H-pyrrole nitrogens is 1. The van der Waals surface area contributed by atoms with E-state index < -0.39 is 11.7 Å². The minimum atomic E-state index is -4.30. The molecule has 0 radical (unpaired) electrons. The lowest BCUT2D eigenvalue weighted by molar-refractivity contribution is -0.137. The lowest BCUT2D eigenvalue weighted by atomic mass is 9.72. The Kier molecular flexibility index (Phi) is 2.93. The van der Waals surface area contributed by atoms with Crippen LogP contribution in [0.15, 0.2) is 42.6 Å². The van der Waals surface area contributed by atoms with Crippen LogP contribution in [0.25, 0.3) is 10.9 Å². The number of alkyl halides is 3. The molecule has 0 saturated carbocycles. The lowest BCUT2D eigenvalue weighted by Gasteiger charge is -2.43. The molecule has 25 heavy (non-hydrogen) atoms. The van der Waals surface area contributed by atoms with Crippen molar-refractivity contribution in [3.05, 3.63) is 70.4 Å². The Morgan fingerprint density at radius 3 is 2.72 bits per heavy atom. The summed E-state index contributed by atoms with van der Waals surface area (Å²) in [6.45, 7) is 0.552. The first-order valence-corrected chi connectivity index (χ1v) is 8.42. The Labute approximate surface area is 143 Å². The predicted molar refractivity (Wildman–Crippen MR) is 90.5 cm³/mol. The van der Waals surface area contributed by atoms with Crippen molar-refractivity contribution in [2.75, 3.05) is 7.05 Å². The Bertz CT molecular complexity index is 986. The van der Waals surface area contributed by atoms with Gasteiger partial charge in [-0.05, 0) is 53.9 Å². The van der Waals surface area contributed by atoms with Gasteiger partial charge in [-0.1, -0.05) is 18.2 Å². The third kappa shape index (κ3) is 2.08. The molecule has 2 nitrogen and oxygen atoms in total. The zero-order chi connectivity index (χ0) is 17.3. The van der Waals surface area contributed by atoms with Crippen LogP contribution in [0, 0.1) is 0 Å². The first-order valence-electron chi connectivity index (χ1n) is 8.42. The van der Waals surface area contributed by atoms with E-state index in [2.05, 4.69) is 28.2 Å². The Balaban J connectivity index is 1.74. The number of fused-ring (bicyclic) bond motifs is 4. The van der Waals surface area contributed by atoms with E-state index in [0.717, 1.165) is 23.1 Å². The molecule has 1 aromatic heterocycles. The fourth-order valence-electron chi connectivity index (χ4n) is 4.65. The Hall–Kier alpha value is -2.27. The largest absolute Gasteiger partial charge is 0.416 e. The molecule has 0 amide bonds. The average Bonchev–Trinajstić information content (AvgIpc) is 2.99. The molecule has 0 saturated heterocycles. The summed E-state index contributed by atoms with van der Waals surface area (Å²) in [4.78, 5) is 5.53. The number of aromatic amines is 1. The third-order valence-corrected chi connectivity index (χ3v) is 5.76. The molecule has 1 aliphatic carbocycles. The number of halogens is 3. The van der Waals surface area contributed by atoms with Crippen LogP contribution in [0.2, 0.25) is 0 Å². The minimum absolute atomic E-state index is 0.114. The molecule has 2 aromatic carbocycles. The summed E-state index contributed by atoms with van der Waals surface area (Å²) in [6, 6.07) is 10.7. The van der Waals surface area contributed by atoms with E-state index in [1.54, 1.807) is 6.07 Å². The highest BCUT2D eigenvalue weighted by molar-refractivity contribution is 5.89. The van der Waals surface area contributed by atoms with Gasteiger partial charge < -0.3 is 4.98 Å². The molecule has 0 unspecified atom stereocenters. The van der Waals surface area contributed by atoms with Crippen molar-refractivity contribution in [1.29, 1.82) is 0 Å². The van der Waals surface area contributed by atoms with Gasteiger partial charge in [0.1, 0.15) is 0 Å². The number of likely N-dealkylation sites (N-methyl/N-ethyl adjacent to an activating group) is 1. The summed E-state index contributed by atoms with van der Waals surface area (Å²) in [5.41, 5.74) is 4.89. The third-order valence-electron chi connectivity index (χ3n) is 5.76. The number of hydrogen-bond acceptors (Lipinski definition) is 1. The fourth-order valence-corrected chi connectivity index (χ4v) is 4.65. The molecule has 2 atom stereocenters. The van der Waals surface area contributed by atoms with E-state index >= 15 is 0 Å². The Morgan fingerprint density at radius 2 is 1.92 bits per heavy atom. The van der Waals surface area contributed by atoms with Gasteiger partial charge in [0.25, 0.3) is 0 Å². The zero-order valence-corrected chi connectivity index (χ0v) is 13.7. The Morgan fingerprint density at radius 1 is 1.08 bits per heavy atom. The van der Waals surface area contributed by atoms with E-state index in [1.807, 2.05) is 13.1 Å². The predicted octanol–water partition coefficient (Wildman–Crippen LogP) is 4.69. The van der Waals surface area contributed by atoms with E-state index in [9.17, 15) is 13.2 Å². The molecular weight excluding hydrogens is 325 g/mol. The van der Waals surface area contributed by atoms with Crippen molar-refractivity contribution < 1.29 is 13.2 Å². The van der Waals surface area contributed by atoms with Crippen LogP contribution in [0.4, 0.5) is 13.2 Å². The van der Waals surface area contributed by atoms with Crippen molar-refractivity contribution in [2.45, 2.75) is 31.1 Å². The summed E-state index contributed by atoms with van der Waals surface area (Å²) in [7, 11) is 2.01. The van der Waals surface area contributed by atoms with Crippen molar-refractivity contribution >= 4 is 10.9 Å². The van der Waals surface area contributed by atoms with E-state index in [4.69, 9.17) is 0 Å². The molecule has 0 fully saturated rings. The monoisotopic (exact) mass is 342 g/mol. The lowest BCUT2D eigenvalue weighted by Crippen LogP contribution is -2.44. The van der Waals surface area contributed by atoms with Crippen LogP contribution in [0.5, 0.6) is 0 Å². The van der Waals surface area contributed by atoms with Gasteiger partial charge in [-0.15, -0.1) is 0 Å². The summed E-state index contributed by atoms with van der Waals surface area (Å²) in [5.74, 6) is 0.114. The topological polar surface area (TPSA) is 19.0 Å². The molecule has 5 rings (SSSR count). The van der Waals surface area contributed by atoms with E-state index in [-0.39, 0.29) is 12.0 Å². The minimum Gasteiger partial charge on any atom is -0.361 e. The van der Waals surface area contributed by atoms with Gasteiger partial charge in [0, 0.05) is 35.6 Å². The number of hydrogen-bond donors (Lipinski definition) is 1. The van der Waals surface area contributed by atoms with Crippen LogP contribution >= 0.6 is 0 Å². The van der Waals surface area contributed by atoms with Crippen molar-refractivity contribution in [3.8, 4) is 0 Å².